The van der Waals surface area contributed by atoms with Crippen LogP contribution in [0.15, 0.2) is 29.2 Å². The molecule has 0 aliphatic rings. The van der Waals surface area contributed by atoms with Gasteiger partial charge in [0.2, 0.25) is 5.91 Å². The van der Waals surface area contributed by atoms with Crippen LogP contribution >= 0.6 is 0 Å². The number of carbonyl (C=O) groups excluding carboxylic acids is 1. The maximum absolute atomic E-state index is 10.7. The van der Waals surface area contributed by atoms with Crippen molar-refractivity contribution in [2.75, 3.05) is 5.32 Å². The van der Waals surface area contributed by atoms with Gasteiger partial charge in [0.15, 0.2) is 0 Å². The summed E-state index contributed by atoms with van der Waals surface area (Å²) in [6.07, 6.45) is 0. The van der Waals surface area contributed by atoms with Crippen LogP contribution in [0.2, 0.25) is 0 Å². The molecule has 5 heteroatoms. The highest BCUT2D eigenvalue weighted by molar-refractivity contribution is 7.79. The molecule has 1 amide bonds. The van der Waals surface area contributed by atoms with Gasteiger partial charge < -0.3 is 9.87 Å². The number of carbonyl (C=O) groups is 1. The Hall–Kier alpha value is -1.20. The van der Waals surface area contributed by atoms with Crippen molar-refractivity contribution in [2.45, 2.75) is 11.8 Å². The standard InChI is InChI=1S/C8H9NO3S/c1-6(10)9-7-4-2-3-5-8(7)13(11)12/h2-5H,1H3,(H,9,10)(H,11,12)/p-1. The third kappa shape index (κ3) is 2.64. The smallest absolute Gasteiger partial charge is 0.221 e. The molecule has 1 atom stereocenters. The lowest BCUT2D eigenvalue weighted by molar-refractivity contribution is -0.114. The van der Waals surface area contributed by atoms with Crippen LogP contribution in [0.3, 0.4) is 0 Å². The van der Waals surface area contributed by atoms with Crippen LogP contribution in [-0.4, -0.2) is 14.7 Å². The molecule has 13 heavy (non-hydrogen) atoms. The van der Waals surface area contributed by atoms with Crippen molar-refractivity contribution < 1.29 is 13.6 Å². The van der Waals surface area contributed by atoms with Gasteiger partial charge in [0, 0.05) is 11.8 Å². The second-order valence-electron chi connectivity index (χ2n) is 2.41. The summed E-state index contributed by atoms with van der Waals surface area (Å²) in [7, 11) is 0. The second-order valence-corrected chi connectivity index (χ2v) is 3.32. The molecule has 0 saturated heterocycles. The number of nitrogens with one attached hydrogen (secondary N) is 1. The van der Waals surface area contributed by atoms with Crippen LogP contribution in [0.4, 0.5) is 5.69 Å². The van der Waals surface area contributed by atoms with Gasteiger partial charge >= 0.3 is 0 Å². The van der Waals surface area contributed by atoms with E-state index in [1.807, 2.05) is 0 Å². The summed E-state index contributed by atoms with van der Waals surface area (Å²) in [4.78, 5) is 10.8. The third-order valence-electron chi connectivity index (χ3n) is 1.38. The molecule has 0 aliphatic carbocycles. The van der Waals surface area contributed by atoms with Crippen molar-refractivity contribution in [3.8, 4) is 0 Å². The molecule has 0 spiro atoms. The zero-order chi connectivity index (χ0) is 9.84. The summed E-state index contributed by atoms with van der Waals surface area (Å²) in [5.41, 5.74) is 0.309. The highest BCUT2D eigenvalue weighted by atomic mass is 32.2. The van der Waals surface area contributed by atoms with Gasteiger partial charge in [-0.3, -0.25) is 9.00 Å². The molecule has 0 heterocycles. The van der Waals surface area contributed by atoms with Crippen molar-refractivity contribution in [3.05, 3.63) is 24.3 Å². The first-order valence-electron chi connectivity index (χ1n) is 3.57. The van der Waals surface area contributed by atoms with E-state index in [0.717, 1.165) is 0 Å². The van der Waals surface area contributed by atoms with Crippen molar-refractivity contribution in [1.82, 2.24) is 0 Å². The van der Waals surface area contributed by atoms with Gasteiger partial charge in [-0.15, -0.1) is 0 Å². The lowest BCUT2D eigenvalue weighted by atomic mass is 10.3. The first-order valence-corrected chi connectivity index (χ1v) is 4.64. The van der Waals surface area contributed by atoms with Crippen molar-refractivity contribution in [3.63, 3.8) is 0 Å². The molecule has 0 radical (unpaired) electrons. The first-order chi connectivity index (χ1) is 6.11. The van der Waals surface area contributed by atoms with E-state index in [2.05, 4.69) is 5.32 Å². The number of rotatable bonds is 2. The topological polar surface area (TPSA) is 69.2 Å². The van der Waals surface area contributed by atoms with E-state index in [-0.39, 0.29) is 10.8 Å². The quantitative estimate of drug-likeness (QED) is 0.717. The molecule has 0 saturated carbocycles. The maximum atomic E-state index is 10.7. The van der Waals surface area contributed by atoms with Gasteiger partial charge in [0.1, 0.15) is 0 Å². The van der Waals surface area contributed by atoms with E-state index < -0.39 is 11.1 Å². The lowest BCUT2D eigenvalue weighted by Gasteiger charge is -2.11. The number of amides is 1. The molecule has 0 fully saturated rings. The second kappa shape index (κ2) is 4.15. The zero-order valence-corrected chi connectivity index (χ0v) is 7.76. The van der Waals surface area contributed by atoms with Crippen LogP contribution in [0, 0.1) is 0 Å². The Balaban J connectivity index is 3.04. The number of hydrogen-bond donors (Lipinski definition) is 1. The Labute approximate surface area is 78.3 Å². The minimum atomic E-state index is -2.32. The van der Waals surface area contributed by atoms with Gasteiger partial charge in [-0.25, -0.2) is 0 Å². The van der Waals surface area contributed by atoms with Crippen molar-refractivity contribution >= 4 is 22.7 Å². The zero-order valence-electron chi connectivity index (χ0n) is 6.94. The number of hydrogen-bond acceptors (Lipinski definition) is 3. The Morgan fingerprint density at radius 2 is 2.08 bits per heavy atom. The average Bonchev–Trinajstić information content (AvgIpc) is 2.03. The third-order valence-corrected chi connectivity index (χ3v) is 2.09. The van der Waals surface area contributed by atoms with Gasteiger partial charge in [0.25, 0.3) is 0 Å². The number of anilines is 1. The minimum absolute atomic E-state index is 0.0951. The lowest BCUT2D eigenvalue weighted by Crippen LogP contribution is -2.08. The summed E-state index contributed by atoms with van der Waals surface area (Å²) >= 11 is -2.32. The van der Waals surface area contributed by atoms with Crippen LogP contribution in [0.25, 0.3) is 0 Å². The predicted molar refractivity (Wildman–Crippen MR) is 47.9 cm³/mol. The molecule has 70 valence electrons. The SMILES string of the molecule is CC(=O)Nc1ccccc1S(=O)[O-]. The van der Waals surface area contributed by atoms with E-state index >= 15 is 0 Å². The number of benzene rings is 1. The summed E-state index contributed by atoms with van der Waals surface area (Å²) in [6, 6.07) is 6.21. The maximum Gasteiger partial charge on any atom is 0.221 e. The fourth-order valence-corrected chi connectivity index (χ4v) is 1.39. The Kier molecular flexibility index (Phi) is 3.16. The van der Waals surface area contributed by atoms with Crippen LogP contribution in [0.5, 0.6) is 0 Å². The van der Waals surface area contributed by atoms with Gasteiger partial charge in [-0.2, -0.15) is 0 Å². The Morgan fingerprint density at radius 3 is 2.62 bits per heavy atom. The van der Waals surface area contributed by atoms with Gasteiger partial charge in [-0.1, -0.05) is 12.1 Å². The monoisotopic (exact) mass is 198 g/mol. The van der Waals surface area contributed by atoms with E-state index in [1.54, 1.807) is 12.1 Å². The van der Waals surface area contributed by atoms with E-state index in [0.29, 0.717) is 5.69 Å². The molecule has 4 nitrogen and oxygen atoms in total. The largest absolute Gasteiger partial charge is 0.768 e. The molecular formula is C8H8NO3S-. The average molecular weight is 198 g/mol. The molecular weight excluding hydrogens is 190 g/mol. The molecule has 1 N–H and O–H groups in total. The molecule has 0 aliphatic heterocycles. The first kappa shape index (κ1) is 9.88. The summed E-state index contributed by atoms with van der Waals surface area (Å²) in [5, 5.41) is 2.42. The van der Waals surface area contributed by atoms with Gasteiger partial charge in [-0.05, 0) is 23.2 Å². The number of para-hydroxylation sites is 1. The highest BCUT2D eigenvalue weighted by Gasteiger charge is 2.02. The molecule has 1 aromatic carbocycles. The molecule has 0 aromatic heterocycles. The van der Waals surface area contributed by atoms with E-state index in [1.165, 1.54) is 19.1 Å². The normalized spacial score (nSPS) is 12.2. The minimum Gasteiger partial charge on any atom is -0.768 e. The molecule has 0 bridgehead atoms. The molecule has 1 aromatic rings. The summed E-state index contributed by atoms with van der Waals surface area (Å²) in [6.45, 7) is 1.32. The Bertz CT molecular complexity index is 351. The van der Waals surface area contributed by atoms with E-state index in [9.17, 15) is 13.6 Å². The van der Waals surface area contributed by atoms with Gasteiger partial charge in [0.05, 0.1) is 5.69 Å². The molecule has 1 rings (SSSR count). The predicted octanol–water partition coefficient (Wildman–Crippen LogP) is 0.883. The fraction of sp³-hybridized carbons (Fsp3) is 0.125. The Morgan fingerprint density at radius 1 is 1.46 bits per heavy atom. The summed E-state index contributed by atoms with van der Waals surface area (Å²) < 4.78 is 21.3. The summed E-state index contributed by atoms with van der Waals surface area (Å²) in [5.74, 6) is -0.294. The fourth-order valence-electron chi connectivity index (χ4n) is 0.905. The highest BCUT2D eigenvalue weighted by Crippen LogP contribution is 2.17. The van der Waals surface area contributed by atoms with Crippen LogP contribution in [0.1, 0.15) is 6.92 Å². The molecule has 1 unspecified atom stereocenters. The van der Waals surface area contributed by atoms with Crippen LogP contribution < -0.4 is 5.32 Å². The van der Waals surface area contributed by atoms with Crippen LogP contribution in [-0.2, 0) is 15.9 Å². The van der Waals surface area contributed by atoms with Crippen molar-refractivity contribution in [2.24, 2.45) is 0 Å². The van der Waals surface area contributed by atoms with Crippen molar-refractivity contribution in [1.29, 1.82) is 0 Å². The van der Waals surface area contributed by atoms with E-state index in [4.69, 9.17) is 0 Å².